The smallest absolute Gasteiger partial charge is 0.283 e. The van der Waals surface area contributed by atoms with Crippen molar-refractivity contribution < 1.29 is 9.72 Å². The van der Waals surface area contributed by atoms with Crippen molar-refractivity contribution in [2.24, 2.45) is 5.73 Å². The highest BCUT2D eigenvalue weighted by Crippen LogP contribution is 2.24. The van der Waals surface area contributed by atoms with Gasteiger partial charge in [-0.25, -0.2) is 0 Å². The second-order valence-corrected chi connectivity index (χ2v) is 3.87. The number of nitro benzene ring substituents is 1. The standard InChI is InChI=1S/C10H12ClN3O3/c1-13(5-4-12)10(15)8-3-2-7(11)6-9(8)14(16)17/h2-3,6H,4-5,12H2,1H3. The first-order valence-electron chi connectivity index (χ1n) is 4.87. The average Bonchev–Trinajstić information content (AvgIpc) is 2.28. The van der Waals surface area contributed by atoms with Crippen molar-refractivity contribution in [1.82, 2.24) is 4.90 Å². The molecule has 6 nitrogen and oxygen atoms in total. The third kappa shape index (κ3) is 3.15. The number of hydrogen-bond acceptors (Lipinski definition) is 4. The van der Waals surface area contributed by atoms with Crippen molar-refractivity contribution >= 4 is 23.2 Å². The Hall–Kier alpha value is -1.66. The Morgan fingerprint density at radius 2 is 2.24 bits per heavy atom. The average molecular weight is 258 g/mol. The molecule has 0 aliphatic carbocycles. The second-order valence-electron chi connectivity index (χ2n) is 3.43. The number of carbonyl (C=O) groups excluding carboxylic acids is 1. The Kier molecular flexibility index (Phi) is 4.42. The lowest BCUT2D eigenvalue weighted by molar-refractivity contribution is -0.385. The highest BCUT2D eigenvalue weighted by atomic mass is 35.5. The maximum absolute atomic E-state index is 11.9. The van der Waals surface area contributed by atoms with Crippen molar-refractivity contribution in [3.05, 3.63) is 38.9 Å². The maximum atomic E-state index is 11.9. The van der Waals surface area contributed by atoms with Crippen molar-refractivity contribution in [2.75, 3.05) is 20.1 Å². The van der Waals surface area contributed by atoms with Crippen LogP contribution in [-0.2, 0) is 0 Å². The summed E-state index contributed by atoms with van der Waals surface area (Å²) in [6, 6.07) is 3.94. The van der Waals surface area contributed by atoms with Crippen LogP contribution in [0.3, 0.4) is 0 Å². The van der Waals surface area contributed by atoms with Crippen LogP contribution in [0.4, 0.5) is 5.69 Å². The molecule has 0 atom stereocenters. The van der Waals surface area contributed by atoms with E-state index in [1.54, 1.807) is 0 Å². The normalized spacial score (nSPS) is 10.1. The van der Waals surface area contributed by atoms with E-state index in [9.17, 15) is 14.9 Å². The van der Waals surface area contributed by atoms with Crippen LogP contribution in [0.15, 0.2) is 18.2 Å². The number of halogens is 1. The molecule has 17 heavy (non-hydrogen) atoms. The van der Waals surface area contributed by atoms with Crippen LogP contribution < -0.4 is 5.73 Å². The number of hydrogen-bond donors (Lipinski definition) is 1. The van der Waals surface area contributed by atoms with Gasteiger partial charge in [-0.3, -0.25) is 14.9 Å². The van der Waals surface area contributed by atoms with Crippen LogP contribution in [0, 0.1) is 10.1 Å². The van der Waals surface area contributed by atoms with Crippen molar-refractivity contribution in [1.29, 1.82) is 0 Å². The molecule has 7 heteroatoms. The fourth-order valence-electron chi connectivity index (χ4n) is 1.34. The molecule has 0 aliphatic heterocycles. The summed E-state index contributed by atoms with van der Waals surface area (Å²) < 4.78 is 0. The molecule has 0 heterocycles. The molecule has 1 aromatic carbocycles. The van der Waals surface area contributed by atoms with E-state index in [0.717, 1.165) is 6.07 Å². The molecule has 1 aromatic rings. The summed E-state index contributed by atoms with van der Waals surface area (Å²) in [5.41, 5.74) is 5.03. The third-order valence-corrected chi connectivity index (χ3v) is 2.43. The van der Waals surface area contributed by atoms with E-state index in [4.69, 9.17) is 17.3 Å². The van der Waals surface area contributed by atoms with Gasteiger partial charge in [0.1, 0.15) is 5.56 Å². The van der Waals surface area contributed by atoms with Crippen molar-refractivity contribution in [2.45, 2.75) is 0 Å². The molecule has 1 amide bonds. The minimum atomic E-state index is -0.630. The number of nitro groups is 1. The summed E-state index contributed by atoms with van der Waals surface area (Å²) in [5, 5.41) is 11.0. The molecule has 0 fully saturated rings. The van der Waals surface area contributed by atoms with Gasteiger partial charge in [0.05, 0.1) is 4.92 Å². The van der Waals surface area contributed by atoms with Gasteiger partial charge in [0.25, 0.3) is 11.6 Å². The topological polar surface area (TPSA) is 89.5 Å². The van der Waals surface area contributed by atoms with Gasteiger partial charge in [-0.2, -0.15) is 0 Å². The molecule has 0 bridgehead atoms. The van der Waals surface area contributed by atoms with Gasteiger partial charge in [-0.15, -0.1) is 0 Å². The maximum Gasteiger partial charge on any atom is 0.283 e. The first-order valence-corrected chi connectivity index (χ1v) is 5.24. The predicted molar refractivity (Wildman–Crippen MR) is 64.1 cm³/mol. The summed E-state index contributed by atoms with van der Waals surface area (Å²) in [6.07, 6.45) is 0. The van der Waals surface area contributed by atoms with E-state index in [-0.39, 0.29) is 16.3 Å². The predicted octanol–water partition coefficient (Wildman–Crippen LogP) is 1.28. The number of carbonyl (C=O) groups is 1. The van der Waals surface area contributed by atoms with Gasteiger partial charge < -0.3 is 10.6 Å². The Morgan fingerprint density at radius 3 is 2.76 bits per heavy atom. The van der Waals surface area contributed by atoms with E-state index in [1.807, 2.05) is 0 Å². The van der Waals surface area contributed by atoms with Crippen LogP contribution in [0.1, 0.15) is 10.4 Å². The lowest BCUT2D eigenvalue weighted by Gasteiger charge is -2.15. The number of likely N-dealkylation sites (N-methyl/N-ethyl adjacent to an activating group) is 1. The summed E-state index contributed by atoms with van der Waals surface area (Å²) in [6.45, 7) is 0.627. The number of amides is 1. The lowest BCUT2D eigenvalue weighted by atomic mass is 10.1. The molecular formula is C10H12ClN3O3. The van der Waals surface area contributed by atoms with Crippen LogP contribution in [0.25, 0.3) is 0 Å². The molecule has 0 aromatic heterocycles. The van der Waals surface area contributed by atoms with Crippen molar-refractivity contribution in [3.63, 3.8) is 0 Å². The monoisotopic (exact) mass is 257 g/mol. The van der Waals surface area contributed by atoms with Gasteiger partial charge in [-0.05, 0) is 12.1 Å². The molecule has 0 aliphatic rings. The molecule has 0 saturated heterocycles. The van der Waals surface area contributed by atoms with Crippen LogP contribution in [0.2, 0.25) is 5.02 Å². The SMILES string of the molecule is CN(CCN)C(=O)c1ccc(Cl)cc1[N+](=O)[O-]. The van der Waals surface area contributed by atoms with Gasteiger partial charge in [0.2, 0.25) is 0 Å². The summed E-state index contributed by atoms with van der Waals surface area (Å²) in [7, 11) is 1.54. The van der Waals surface area contributed by atoms with Gasteiger partial charge in [0, 0.05) is 31.2 Å². The zero-order valence-electron chi connectivity index (χ0n) is 9.22. The van der Waals surface area contributed by atoms with E-state index >= 15 is 0 Å². The van der Waals surface area contributed by atoms with E-state index in [2.05, 4.69) is 0 Å². The zero-order valence-corrected chi connectivity index (χ0v) is 9.98. The Balaban J connectivity index is 3.13. The van der Waals surface area contributed by atoms with Crippen molar-refractivity contribution in [3.8, 4) is 0 Å². The van der Waals surface area contributed by atoms with Gasteiger partial charge in [-0.1, -0.05) is 11.6 Å². The molecule has 2 N–H and O–H groups in total. The Labute approximate surface area is 103 Å². The molecule has 0 unspecified atom stereocenters. The molecule has 92 valence electrons. The minimum absolute atomic E-state index is 0.00958. The largest absolute Gasteiger partial charge is 0.340 e. The molecule has 1 rings (SSSR count). The highest BCUT2D eigenvalue weighted by Gasteiger charge is 2.22. The quantitative estimate of drug-likeness (QED) is 0.650. The zero-order chi connectivity index (χ0) is 13.0. The first-order chi connectivity index (χ1) is 7.97. The van der Waals surface area contributed by atoms with E-state index in [1.165, 1.54) is 24.1 Å². The Morgan fingerprint density at radius 1 is 1.59 bits per heavy atom. The first kappa shape index (κ1) is 13.4. The number of benzene rings is 1. The number of nitrogens with two attached hydrogens (primary N) is 1. The molecule has 0 radical (unpaired) electrons. The lowest BCUT2D eigenvalue weighted by Crippen LogP contribution is -2.32. The van der Waals surface area contributed by atoms with Crippen LogP contribution in [0.5, 0.6) is 0 Å². The van der Waals surface area contributed by atoms with Gasteiger partial charge in [0.15, 0.2) is 0 Å². The molecular weight excluding hydrogens is 246 g/mol. The van der Waals surface area contributed by atoms with Crippen LogP contribution >= 0.6 is 11.6 Å². The molecule has 0 spiro atoms. The number of rotatable bonds is 4. The Bertz CT molecular complexity index is 450. The fraction of sp³-hybridized carbons (Fsp3) is 0.300. The minimum Gasteiger partial charge on any atom is -0.340 e. The summed E-state index contributed by atoms with van der Waals surface area (Å²) >= 11 is 5.66. The van der Waals surface area contributed by atoms with Crippen LogP contribution in [-0.4, -0.2) is 35.9 Å². The highest BCUT2D eigenvalue weighted by molar-refractivity contribution is 6.31. The fourth-order valence-corrected chi connectivity index (χ4v) is 1.50. The summed E-state index contributed by atoms with van der Waals surface area (Å²) in [5.74, 6) is -0.446. The summed E-state index contributed by atoms with van der Waals surface area (Å²) in [4.78, 5) is 23.4. The molecule has 0 saturated carbocycles. The second kappa shape index (κ2) is 5.60. The van der Waals surface area contributed by atoms with E-state index in [0.29, 0.717) is 13.1 Å². The van der Waals surface area contributed by atoms with Gasteiger partial charge >= 0.3 is 0 Å². The number of nitrogens with zero attached hydrogens (tertiary/aromatic N) is 2. The third-order valence-electron chi connectivity index (χ3n) is 2.20. The van der Waals surface area contributed by atoms with E-state index < -0.39 is 10.8 Å².